The second-order valence-electron chi connectivity index (χ2n) is 4.14. The van der Waals surface area contributed by atoms with Crippen LogP contribution in [0.2, 0.25) is 0 Å². The Hall–Kier alpha value is -2.74. The van der Waals surface area contributed by atoms with Gasteiger partial charge in [0.15, 0.2) is 5.69 Å². The summed E-state index contributed by atoms with van der Waals surface area (Å²) in [7, 11) is 0. The van der Waals surface area contributed by atoms with E-state index in [0.717, 1.165) is 5.69 Å². The van der Waals surface area contributed by atoms with Gasteiger partial charge in [0.25, 0.3) is 5.91 Å². The molecular formula is C15H16N4O. The highest BCUT2D eigenvalue weighted by molar-refractivity contribution is 5.92. The third-order valence-electron chi connectivity index (χ3n) is 2.72. The normalized spacial score (nSPS) is 9.65. The molecule has 0 atom stereocenters. The lowest BCUT2D eigenvalue weighted by Gasteiger charge is -2.04. The predicted octanol–water partition coefficient (Wildman–Crippen LogP) is 1.60. The number of aromatic nitrogens is 2. The molecule has 2 aromatic rings. The molecule has 0 aliphatic carbocycles. The summed E-state index contributed by atoms with van der Waals surface area (Å²) < 4.78 is 1.59. The molecule has 20 heavy (non-hydrogen) atoms. The molecular weight excluding hydrogens is 252 g/mol. The van der Waals surface area contributed by atoms with Crippen molar-refractivity contribution in [1.29, 1.82) is 0 Å². The van der Waals surface area contributed by atoms with E-state index >= 15 is 0 Å². The predicted molar refractivity (Wildman–Crippen MR) is 78.4 cm³/mol. The van der Waals surface area contributed by atoms with Gasteiger partial charge in [-0.25, -0.2) is 4.68 Å². The number of nitrogens with one attached hydrogen (secondary N) is 1. The van der Waals surface area contributed by atoms with Crippen LogP contribution in [0.5, 0.6) is 0 Å². The molecule has 5 heteroatoms. The van der Waals surface area contributed by atoms with E-state index in [-0.39, 0.29) is 5.91 Å². The molecule has 0 radical (unpaired) electrons. The second-order valence-corrected chi connectivity index (χ2v) is 4.14. The Kier molecular flexibility index (Phi) is 4.40. The highest BCUT2D eigenvalue weighted by Crippen LogP contribution is 2.15. The molecule has 3 N–H and O–H groups in total. The lowest BCUT2D eigenvalue weighted by atomic mass is 10.3. The van der Waals surface area contributed by atoms with Crippen molar-refractivity contribution < 1.29 is 4.79 Å². The summed E-state index contributed by atoms with van der Waals surface area (Å²) in [6.45, 7) is 2.29. The Morgan fingerprint density at radius 1 is 1.40 bits per heavy atom. The lowest BCUT2D eigenvalue weighted by molar-refractivity contribution is 0.0949. The molecule has 0 unspecified atom stereocenters. The summed E-state index contributed by atoms with van der Waals surface area (Å²) in [6.07, 6.45) is 2.35. The molecule has 0 saturated carbocycles. The van der Waals surface area contributed by atoms with Crippen molar-refractivity contribution in [3.8, 4) is 17.5 Å². The molecule has 1 amide bonds. The Morgan fingerprint density at radius 2 is 2.20 bits per heavy atom. The van der Waals surface area contributed by atoms with E-state index < -0.39 is 0 Å². The number of benzene rings is 1. The number of nitrogens with zero attached hydrogens (tertiary/aromatic N) is 2. The average molecular weight is 268 g/mol. The minimum atomic E-state index is -0.212. The van der Waals surface area contributed by atoms with Crippen LogP contribution in [0, 0.1) is 11.8 Å². The Bertz CT molecular complexity index is 664. The van der Waals surface area contributed by atoms with Crippen molar-refractivity contribution in [2.45, 2.75) is 13.3 Å². The van der Waals surface area contributed by atoms with E-state index in [1.807, 2.05) is 18.2 Å². The zero-order chi connectivity index (χ0) is 14.4. The molecule has 1 aromatic carbocycles. The maximum atomic E-state index is 11.9. The Balaban J connectivity index is 2.07. The molecule has 1 heterocycles. The van der Waals surface area contributed by atoms with E-state index in [4.69, 9.17) is 5.73 Å². The smallest absolute Gasteiger partial charge is 0.271 e. The van der Waals surface area contributed by atoms with Crippen LogP contribution in [-0.2, 0) is 0 Å². The minimum Gasteiger partial charge on any atom is -0.397 e. The van der Waals surface area contributed by atoms with Gasteiger partial charge in [-0.15, -0.1) is 11.8 Å². The Labute approximate surface area is 117 Å². The maximum Gasteiger partial charge on any atom is 0.271 e. The first-order valence-corrected chi connectivity index (χ1v) is 6.30. The van der Waals surface area contributed by atoms with Crippen molar-refractivity contribution in [3.05, 3.63) is 42.2 Å². The summed E-state index contributed by atoms with van der Waals surface area (Å²) in [5.74, 6) is 5.45. The summed E-state index contributed by atoms with van der Waals surface area (Å²) in [6, 6.07) is 9.02. The lowest BCUT2D eigenvalue weighted by Crippen LogP contribution is -2.24. The van der Waals surface area contributed by atoms with E-state index in [1.54, 1.807) is 29.9 Å². The monoisotopic (exact) mass is 268 g/mol. The van der Waals surface area contributed by atoms with E-state index in [1.165, 1.54) is 0 Å². The number of carbonyl (C=O) groups excluding carboxylic acids is 1. The standard InChI is InChI=1S/C15H16N4O/c1-2-3-6-10-17-15(20)13-9-11-19(18-13)14-8-5-4-7-12(14)16/h4-5,7-9,11H,6,10,16H2,1H3,(H,17,20). The van der Waals surface area contributed by atoms with Crippen molar-refractivity contribution >= 4 is 11.6 Å². The van der Waals surface area contributed by atoms with Crippen LogP contribution < -0.4 is 11.1 Å². The van der Waals surface area contributed by atoms with Gasteiger partial charge in [0, 0.05) is 19.2 Å². The fraction of sp³-hybridized carbons (Fsp3) is 0.200. The highest BCUT2D eigenvalue weighted by Gasteiger charge is 2.10. The van der Waals surface area contributed by atoms with Gasteiger partial charge in [-0.05, 0) is 25.1 Å². The first kappa shape index (κ1) is 13.7. The molecule has 0 fully saturated rings. The molecule has 102 valence electrons. The fourth-order valence-corrected chi connectivity index (χ4v) is 1.73. The number of rotatable bonds is 4. The zero-order valence-corrected chi connectivity index (χ0v) is 11.3. The molecule has 5 nitrogen and oxygen atoms in total. The average Bonchev–Trinajstić information content (AvgIpc) is 2.93. The van der Waals surface area contributed by atoms with Crippen LogP contribution in [0.25, 0.3) is 5.69 Å². The van der Waals surface area contributed by atoms with Gasteiger partial charge in [-0.2, -0.15) is 5.10 Å². The van der Waals surface area contributed by atoms with Crippen LogP contribution in [0.4, 0.5) is 5.69 Å². The summed E-state index contributed by atoms with van der Waals surface area (Å²) in [4.78, 5) is 11.9. The number of para-hydroxylation sites is 2. The van der Waals surface area contributed by atoms with Crippen molar-refractivity contribution in [1.82, 2.24) is 15.1 Å². The quantitative estimate of drug-likeness (QED) is 0.502. The van der Waals surface area contributed by atoms with Crippen molar-refractivity contribution in [2.75, 3.05) is 12.3 Å². The zero-order valence-electron chi connectivity index (χ0n) is 11.3. The van der Waals surface area contributed by atoms with Gasteiger partial charge in [-0.1, -0.05) is 12.1 Å². The van der Waals surface area contributed by atoms with Crippen molar-refractivity contribution in [2.24, 2.45) is 0 Å². The van der Waals surface area contributed by atoms with Crippen LogP contribution in [0.3, 0.4) is 0 Å². The molecule has 0 spiro atoms. The van der Waals surface area contributed by atoms with Gasteiger partial charge >= 0.3 is 0 Å². The third-order valence-corrected chi connectivity index (χ3v) is 2.72. The largest absolute Gasteiger partial charge is 0.397 e. The topological polar surface area (TPSA) is 72.9 Å². The number of anilines is 1. The molecule has 1 aromatic heterocycles. The number of carbonyl (C=O) groups is 1. The number of nitrogens with two attached hydrogens (primary N) is 1. The van der Waals surface area contributed by atoms with Crippen LogP contribution in [-0.4, -0.2) is 22.2 Å². The second kappa shape index (κ2) is 6.43. The molecule has 2 rings (SSSR count). The van der Waals surface area contributed by atoms with Gasteiger partial charge in [-0.3, -0.25) is 4.79 Å². The van der Waals surface area contributed by atoms with Crippen molar-refractivity contribution in [3.63, 3.8) is 0 Å². The first-order valence-electron chi connectivity index (χ1n) is 6.30. The molecule has 0 aliphatic rings. The molecule has 0 aliphatic heterocycles. The SMILES string of the molecule is CC#CCCNC(=O)c1ccn(-c2ccccc2N)n1. The summed E-state index contributed by atoms with van der Waals surface area (Å²) in [5.41, 5.74) is 7.60. The first-order chi connectivity index (χ1) is 9.72. The number of amides is 1. The number of nitrogen functional groups attached to an aromatic ring is 1. The van der Waals surface area contributed by atoms with Gasteiger partial charge in [0.1, 0.15) is 0 Å². The molecule has 0 saturated heterocycles. The van der Waals surface area contributed by atoms with Crippen LogP contribution >= 0.6 is 0 Å². The summed E-state index contributed by atoms with van der Waals surface area (Å²) >= 11 is 0. The highest BCUT2D eigenvalue weighted by atomic mass is 16.1. The van der Waals surface area contributed by atoms with Crippen LogP contribution in [0.1, 0.15) is 23.8 Å². The Morgan fingerprint density at radius 3 is 2.95 bits per heavy atom. The third kappa shape index (κ3) is 3.18. The minimum absolute atomic E-state index is 0.212. The number of hydrogen-bond donors (Lipinski definition) is 2. The fourth-order valence-electron chi connectivity index (χ4n) is 1.73. The van der Waals surface area contributed by atoms with E-state index in [2.05, 4.69) is 22.3 Å². The van der Waals surface area contributed by atoms with Gasteiger partial charge in [0.05, 0.1) is 11.4 Å². The number of hydrogen-bond acceptors (Lipinski definition) is 3. The van der Waals surface area contributed by atoms with E-state index in [9.17, 15) is 4.79 Å². The molecule has 0 bridgehead atoms. The van der Waals surface area contributed by atoms with E-state index in [0.29, 0.717) is 24.3 Å². The van der Waals surface area contributed by atoms with Gasteiger partial charge < -0.3 is 11.1 Å². The summed E-state index contributed by atoms with van der Waals surface area (Å²) in [5, 5.41) is 6.99. The maximum absolute atomic E-state index is 11.9. The van der Waals surface area contributed by atoms with Crippen LogP contribution in [0.15, 0.2) is 36.5 Å². The van der Waals surface area contributed by atoms with Gasteiger partial charge in [0.2, 0.25) is 0 Å².